The number of aliphatic carboxylic acids is 1. The fourth-order valence-electron chi connectivity index (χ4n) is 1.71. The first-order valence-corrected chi connectivity index (χ1v) is 6.31. The summed E-state index contributed by atoms with van der Waals surface area (Å²) in [6.07, 6.45) is 4.79. The van der Waals surface area contributed by atoms with E-state index in [1.807, 2.05) is 11.4 Å². The molecule has 0 aliphatic heterocycles. The van der Waals surface area contributed by atoms with E-state index in [0.29, 0.717) is 16.3 Å². The summed E-state index contributed by atoms with van der Waals surface area (Å²) in [7, 11) is 0. The minimum Gasteiger partial charge on any atom is -0.479 e. The second-order valence-electron chi connectivity index (χ2n) is 3.77. The van der Waals surface area contributed by atoms with Gasteiger partial charge in [0.25, 0.3) is 0 Å². The number of fused-ring (bicyclic) bond motifs is 1. The normalized spacial score (nSPS) is 12.4. The lowest BCUT2D eigenvalue weighted by Crippen LogP contribution is -2.20. The molecule has 1 unspecified atom stereocenters. The summed E-state index contributed by atoms with van der Waals surface area (Å²) < 4.78 is 1.67. The van der Waals surface area contributed by atoms with Crippen LogP contribution in [0.2, 0.25) is 0 Å². The van der Waals surface area contributed by atoms with Crippen molar-refractivity contribution in [2.75, 3.05) is 5.32 Å². The number of hydrogen-bond acceptors (Lipinski definition) is 6. The molecule has 3 rings (SSSR count). The monoisotopic (exact) mass is 275 g/mol. The molecule has 0 aliphatic carbocycles. The van der Waals surface area contributed by atoms with Gasteiger partial charge in [0.05, 0.1) is 0 Å². The molecule has 3 aromatic rings. The molecule has 8 heteroatoms. The van der Waals surface area contributed by atoms with Gasteiger partial charge in [-0.15, -0.1) is 21.5 Å². The van der Waals surface area contributed by atoms with E-state index in [1.165, 1.54) is 17.7 Å². The Bertz CT molecular complexity index is 709. The SMILES string of the molecule is O=C(O)C(Nc1nccn2cnnc12)c1cccs1. The zero-order valence-electron chi connectivity index (χ0n) is 9.59. The van der Waals surface area contributed by atoms with Gasteiger partial charge in [0, 0.05) is 17.3 Å². The maximum Gasteiger partial charge on any atom is 0.331 e. The Labute approximate surface area is 111 Å². The van der Waals surface area contributed by atoms with E-state index in [1.54, 1.807) is 22.9 Å². The van der Waals surface area contributed by atoms with Crippen LogP contribution in [0.4, 0.5) is 5.82 Å². The second kappa shape index (κ2) is 4.65. The van der Waals surface area contributed by atoms with Crippen LogP contribution in [0.3, 0.4) is 0 Å². The Morgan fingerprint density at radius 2 is 2.42 bits per heavy atom. The number of nitrogens with zero attached hydrogens (tertiary/aromatic N) is 4. The first-order valence-electron chi connectivity index (χ1n) is 5.43. The van der Waals surface area contributed by atoms with Crippen molar-refractivity contribution in [1.29, 1.82) is 0 Å². The van der Waals surface area contributed by atoms with Crippen molar-refractivity contribution in [3.63, 3.8) is 0 Å². The van der Waals surface area contributed by atoms with Gasteiger partial charge >= 0.3 is 5.97 Å². The third-order valence-electron chi connectivity index (χ3n) is 2.57. The van der Waals surface area contributed by atoms with Gasteiger partial charge in [0.1, 0.15) is 6.33 Å². The number of thiophene rings is 1. The zero-order chi connectivity index (χ0) is 13.2. The first-order chi connectivity index (χ1) is 9.25. The quantitative estimate of drug-likeness (QED) is 0.748. The molecule has 7 nitrogen and oxygen atoms in total. The first kappa shape index (κ1) is 11.6. The molecule has 3 heterocycles. The minimum atomic E-state index is -0.967. The van der Waals surface area contributed by atoms with Gasteiger partial charge in [0.15, 0.2) is 11.9 Å². The highest BCUT2D eigenvalue weighted by Gasteiger charge is 2.22. The predicted molar refractivity (Wildman–Crippen MR) is 69.1 cm³/mol. The highest BCUT2D eigenvalue weighted by molar-refractivity contribution is 7.10. The molecular weight excluding hydrogens is 266 g/mol. The third kappa shape index (κ3) is 2.13. The Kier molecular flexibility index (Phi) is 2.84. The zero-order valence-corrected chi connectivity index (χ0v) is 10.4. The molecule has 0 radical (unpaired) electrons. The molecular formula is C11H9N5O2S. The van der Waals surface area contributed by atoms with Crippen molar-refractivity contribution in [2.45, 2.75) is 6.04 Å². The fourth-order valence-corrected chi connectivity index (χ4v) is 2.47. The van der Waals surface area contributed by atoms with Crippen LogP contribution in [0, 0.1) is 0 Å². The molecule has 1 atom stereocenters. The van der Waals surface area contributed by atoms with Crippen molar-refractivity contribution in [3.05, 3.63) is 41.1 Å². The second-order valence-corrected chi connectivity index (χ2v) is 4.75. The van der Waals surface area contributed by atoms with E-state index >= 15 is 0 Å². The lowest BCUT2D eigenvalue weighted by molar-refractivity contribution is -0.138. The lowest BCUT2D eigenvalue weighted by atomic mass is 10.2. The van der Waals surface area contributed by atoms with Crippen LogP contribution in [0.5, 0.6) is 0 Å². The van der Waals surface area contributed by atoms with Gasteiger partial charge in [-0.1, -0.05) is 6.07 Å². The predicted octanol–water partition coefficient (Wildman–Crippen LogP) is 1.42. The minimum absolute atomic E-state index is 0.390. The average Bonchev–Trinajstić information content (AvgIpc) is 3.06. The maximum absolute atomic E-state index is 11.4. The van der Waals surface area contributed by atoms with E-state index in [4.69, 9.17) is 0 Å². The average molecular weight is 275 g/mol. The smallest absolute Gasteiger partial charge is 0.331 e. The number of carbonyl (C=O) groups is 1. The number of aromatic nitrogens is 4. The van der Waals surface area contributed by atoms with Gasteiger partial charge in [-0.2, -0.15) is 0 Å². The summed E-state index contributed by atoms with van der Waals surface area (Å²) in [5.41, 5.74) is 0.491. The summed E-state index contributed by atoms with van der Waals surface area (Å²) in [6.45, 7) is 0. The summed E-state index contributed by atoms with van der Waals surface area (Å²) in [5.74, 6) is -0.577. The molecule has 0 aliphatic rings. The van der Waals surface area contributed by atoms with Crippen LogP contribution in [-0.4, -0.2) is 30.7 Å². The highest BCUT2D eigenvalue weighted by atomic mass is 32.1. The van der Waals surface area contributed by atoms with E-state index < -0.39 is 12.0 Å². The number of anilines is 1. The van der Waals surface area contributed by atoms with E-state index in [2.05, 4.69) is 20.5 Å². The molecule has 0 bridgehead atoms. The molecule has 0 aromatic carbocycles. The Hall–Kier alpha value is -2.48. The van der Waals surface area contributed by atoms with E-state index in [-0.39, 0.29) is 0 Å². The van der Waals surface area contributed by atoms with Crippen molar-refractivity contribution >= 4 is 28.8 Å². The van der Waals surface area contributed by atoms with Crippen LogP contribution < -0.4 is 5.32 Å². The van der Waals surface area contributed by atoms with E-state index in [0.717, 1.165) is 0 Å². The summed E-state index contributed by atoms with van der Waals surface area (Å²) >= 11 is 1.37. The highest BCUT2D eigenvalue weighted by Crippen LogP contribution is 2.24. The van der Waals surface area contributed by atoms with Crippen molar-refractivity contribution in [1.82, 2.24) is 19.6 Å². The summed E-state index contributed by atoms with van der Waals surface area (Å²) in [4.78, 5) is 16.2. The third-order valence-corrected chi connectivity index (χ3v) is 3.51. The van der Waals surface area contributed by atoms with Gasteiger partial charge < -0.3 is 10.4 Å². The number of rotatable bonds is 4. The molecule has 0 spiro atoms. The van der Waals surface area contributed by atoms with Gasteiger partial charge in [-0.3, -0.25) is 4.40 Å². The van der Waals surface area contributed by atoms with Gasteiger partial charge in [-0.05, 0) is 11.4 Å². The fraction of sp³-hybridized carbons (Fsp3) is 0.0909. The standard InChI is InChI=1S/C11H9N5O2S/c17-11(18)8(7-2-1-5-19-7)14-9-10-15-13-6-16(10)4-3-12-9/h1-6,8H,(H,12,14)(H,17,18). The van der Waals surface area contributed by atoms with Crippen LogP contribution in [-0.2, 0) is 4.79 Å². The number of carboxylic acids is 1. The van der Waals surface area contributed by atoms with Crippen molar-refractivity contribution in [3.8, 4) is 0 Å². The molecule has 0 saturated heterocycles. The van der Waals surface area contributed by atoms with Crippen LogP contribution in [0.1, 0.15) is 10.9 Å². The summed E-state index contributed by atoms with van der Waals surface area (Å²) in [6, 6.07) is 2.72. The van der Waals surface area contributed by atoms with E-state index in [9.17, 15) is 9.90 Å². The van der Waals surface area contributed by atoms with Crippen LogP contribution in [0.25, 0.3) is 5.65 Å². The Morgan fingerprint density at radius 1 is 1.53 bits per heavy atom. The molecule has 0 fully saturated rings. The molecule has 2 N–H and O–H groups in total. The Morgan fingerprint density at radius 3 is 3.16 bits per heavy atom. The summed E-state index contributed by atoms with van der Waals surface area (Å²) in [5, 5.41) is 21.7. The largest absolute Gasteiger partial charge is 0.479 e. The van der Waals surface area contributed by atoms with Crippen LogP contribution >= 0.6 is 11.3 Å². The number of hydrogen-bond donors (Lipinski definition) is 2. The maximum atomic E-state index is 11.4. The van der Waals surface area contributed by atoms with Gasteiger partial charge in [-0.25, -0.2) is 9.78 Å². The molecule has 0 amide bonds. The molecule has 3 aromatic heterocycles. The molecule has 0 saturated carbocycles. The molecule has 96 valence electrons. The topological polar surface area (TPSA) is 92.4 Å². The van der Waals surface area contributed by atoms with Crippen molar-refractivity contribution < 1.29 is 9.90 Å². The Balaban J connectivity index is 1.98. The lowest BCUT2D eigenvalue weighted by Gasteiger charge is -2.13. The van der Waals surface area contributed by atoms with Crippen LogP contribution in [0.15, 0.2) is 36.2 Å². The molecule has 19 heavy (non-hydrogen) atoms. The number of nitrogens with one attached hydrogen (secondary N) is 1. The van der Waals surface area contributed by atoms with Gasteiger partial charge in [0.2, 0.25) is 5.65 Å². The number of carboxylic acid groups (broad SMARTS) is 1. The van der Waals surface area contributed by atoms with Crippen molar-refractivity contribution in [2.24, 2.45) is 0 Å².